The smallest absolute Gasteiger partial charge is 0.234 e. The molecule has 1 amide bonds. The van der Waals surface area contributed by atoms with Crippen LogP contribution in [-0.4, -0.2) is 26.4 Å². The lowest BCUT2D eigenvalue weighted by Gasteiger charge is -2.10. The highest BCUT2D eigenvalue weighted by atomic mass is 32.2. The molecule has 26 heavy (non-hydrogen) atoms. The van der Waals surface area contributed by atoms with Gasteiger partial charge in [0.25, 0.3) is 0 Å². The van der Waals surface area contributed by atoms with E-state index in [1.54, 1.807) is 0 Å². The first-order valence-corrected chi connectivity index (χ1v) is 9.41. The third-order valence-corrected chi connectivity index (χ3v) is 4.82. The van der Waals surface area contributed by atoms with Crippen molar-refractivity contribution in [2.75, 3.05) is 11.1 Å². The van der Waals surface area contributed by atoms with Crippen LogP contribution < -0.4 is 5.32 Å². The first-order chi connectivity index (χ1) is 12.4. The van der Waals surface area contributed by atoms with Gasteiger partial charge in [-0.05, 0) is 68.7 Å². The summed E-state index contributed by atoms with van der Waals surface area (Å²) in [5.74, 6) is 1.01. The average molecular weight is 366 g/mol. The fourth-order valence-corrected chi connectivity index (χ4v) is 3.67. The van der Waals surface area contributed by atoms with Crippen LogP contribution in [0, 0.1) is 27.7 Å². The van der Waals surface area contributed by atoms with Gasteiger partial charge < -0.3 is 5.32 Å². The Morgan fingerprint density at radius 3 is 2.42 bits per heavy atom. The van der Waals surface area contributed by atoms with Crippen LogP contribution in [0.4, 0.5) is 5.69 Å². The van der Waals surface area contributed by atoms with Gasteiger partial charge in [0, 0.05) is 11.4 Å². The lowest BCUT2D eigenvalue weighted by Crippen LogP contribution is -2.14. The molecule has 2 aromatic carbocycles. The molecule has 3 rings (SSSR count). The number of nitrogens with zero attached hydrogens (tertiary/aromatic N) is 3. The summed E-state index contributed by atoms with van der Waals surface area (Å²) in [4.78, 5) is 12.3. The fourth-order valence-electron chi connectivity index (χ4n) is 2.87. The van der Waals surface area contributed by atoms with Crippen molar-refractivity contribution in [3.8, 4) is 5.69 Å². The number of hydrogen-bond donors (Lipinski definition) is 1. The molecule has 3 aromatic rings. The standard InChI is InChI=1S/C20H22N4OS/c1-13-6-5-7-18(11-13)24-16(4)22-23-20(24)26-12-19(25)21-17-9-14(2)8-15(3)10-17/h5-11H,12H2,1-4H3,(H,21,25). The van der Waals surface area contributed by atoms with Crippen LogP contribution in [0.15, 0.2) is 47.6 Å². The van der Waals surface area contributed by atoms with Gasteiger partial charge in [-0.25, -0.2) is 0 Å². The number of thioether (sulfide) groups is 1. The van der Waals surface area contributed by atoms with Crippen molar-refractivity contribution in [2.24, 2.45) is 0 Å². The highest BCUT2D eigenvalue weighted by Crippen LogP contribution is 2.23. The molecule has 0 radical (unpaired) electrons. The zero-order chi connectivity index (χ0) is 18.7. The van der Waals surface area contributed by atoms with Crippen molar-refractivity contribution in [1.82, 2.24) is 14.8 Å². The second-order valence-electron chi connectivity index (χ2n) is 6.42. The second-order valence-corrected chi connectivity index (χ2v) is 7.36. The summed E-state index contributed by atoms with van der Waals surface area (Å²) in [6.45, 7) is 8.00. The third-order valence-electron chi connectivity index (χ3n) is 3.89. The molecule has 0 aliphatic rings. The Kier molecular flexibility index (Phi) is 5.42. The number of nitrogens with one attached hydrogen (secondary N) is 1. The SMILES string of the molecule is Cc1cc(C)cc(NC(=O)CSc2nnc(C)n2-c2cccc(C)c2)c1. The molecule has 6 heteroatoms. The second kappa shape index (κ2) is 7.74. The van der Waals surface area contributed by atoms with Gasteiger partial charge in [0.1, 0.15) is 5.82 Å². The number of carbonyl (C=O) groups is 1. The number of carbonyl (C=O) groups excluding carboxylic acids is 1. The molecule has 134 valence electrons. The Hall–Kier alpha value is -2.60. The number of rotatable bonds is 5. The Labute approximate surface area is 157 Å². The van der Waals surface area contributed by atoms with Crippen LogP contribution in [0.25, 0.3) is 5.69 Å². The molecule has 1 N–H and O–H groups in total. The van der Waals surface area contributed by atoms with E-state index in [1.807, 2.05) is 62.6 Å². The van der Waals surface area contributed by atoms with Gasteiger partial charge in [0.15, 0.2) is 5.16 Å². The van der Waals surface area contributed by atoms with Crippen molar-refractivity contribution < 1.29 is 4.79 Å². The summed E-state index contributed by atoms with van der Waals surface area (Å²) in [5, 5.41) is 12.1. The normalized spacial score (nSPS) is 10.8. The molecule has 1 heterocycles. The topological polar surface area (TPSA) is 59.8 Å². The van der Waals surface area contributed by atoms with Gasteiger partial charge in [-0.15, -0.1) is 10.2 Å². The fraction of sp³-hybridized carbons (Fsp3) is 0.250. The van der Waals surface area contributed by atoms with Crippen molar-refractivity contribution in [3.63, 3.8) is 0 Å². The van der Waals surface area contributed by atoms with Crippen molar-refractivity contribution >= 4 is 23.4 Å². The predicted octanol–water partition coefficient (Wildman–Crippen LogP) is 4.23. The van der Waals surface area contributed by atoms with Crippen molar-refractivity contribution in [2.45, 2.75) is 32.9 Å². The maximum atomic E-state index is 12.3. The largest absolute Gasteiger partial charge is 0.325 e. The molecule has 1 aromatic heterocycles. The first kappa shape index (κ1) is 18.2. The highest BCUT2D eigenvalue weighted by molar-refractivity contribution is 7.99. The molecule has 0 fully saturated rings. The van der Waals surface area contributed by atoms with E-state index in [2.05, 4.69) is 27.6 Å². The molecule has 0 unspecified atom stereocenters. The minimum atomic E-state index is -0.0588. The minimum Gasteiger partial charge on any atom is -0.325 e. The van der Waals surface area contributed by atoms with Crippen LogP contribution in [0.3, 0.4) is 0 Å². The maximum absolute atomic E-state index is 12.3. The van der Waals surface area contributed by atoms with E-state index >= 15 is 0 Å². The zero-order valence-corrected chi connectivity index (χ0v) is 16.2. The van der Waals surface area contributed by atoms with E-state index in [9.17, 15) is 4.79 Å². The molecule has 0 spiro atoms. The van der Waals surface area contributed by atoms with Crippen LogP contribution in [-0.2, 0) is 4.79 Å². The number of anilines is 1. The van der Waals surface area contributed by atoms with Gasteiger partial charge in [-0.1, -0.05) is 30.0 Å². The maximum Gasteiger partial charge on any atom is 0.234 e. The zero-order valence-electron chi connectivity index (χ0n) is 15.4. The average Bonchev–Trinajstić information content (AvgIpc) is 2.92. The molecule has 0 atom stereocenters. The van der Waals surface area contributed by atoms with E-state index in [-0.39, 0.29) is 11.7 Å². The van der Waals surface area contributed by atoms with Crippen molar-refractivity contribution in [3.05, 3.63) is 65.0 Å². The molecule has 0 aliphatic carbocycles. The quantitative estimate of drug-likeness (QED) is 0.687. The van der Waals surface area contributed by atoms with Gasteiger partial charge in [0.05, 0.1) is 5.75 Å². The monoisotopic (exact) mass is 366 g/mol. The van der Waals surface area contributed by atoms with Gasteiger partial charge in [-0.3, -0.25) is 9.36 Å². The molecule has 0 bridgehead atoms. The summed E-state index contributed by atoms with van der Waals surface area (Å²) in [6.07, 6.45) is 0. The summed E-state index contributed by atoms with van der Waals surface area (Å²) < 4.78 is 1.97. The molecule has 5 nitrogen and oxygen atoms in total. The van der Waals surface area contributed by atoms with E-state index in [4.69, 9.17) is 0 Å². The Balaban J connectivity index is 1.71. The van der Waals surface area contributed by atoms with Gasteiger partial charge in [-0.2, -0.15) is 0 Å². The van der Waals surface area contributed by atoms with Crippen LogP contribution >= 0.6 is 11.8 Å². The van der Waals surface area contributed by atoms with E-state index in [1.165, 1.54) is 17.3 Å². The summed E-state index contributed by atoms with van der Waals surface area (Å²) >= 11 is 1.38. The number of hydrogen-bond acceptors (Lipinski definition) is 4. The van der Waals surface area contributed by atoms with Crippen molar-refractivity contribution in [1.29, 1.82) is 0 Å². The third kappa shape index (κ3) is 4.32. The number of aryl methyl sites for hydroxylation is 4. The molecular weight excluding hydrogens is 344 g/mol. The Morgan fingerprint density at radius 2 is 1.73 bits per heavy atom. The van der Waals surface area contributed by atoms with Crippen LogP contribution in [0.1, 0.15) is 22.5 Å². The van der Waals surface area contributed by atoms with Crippen LogP contribution in [0.2, 0.25) is 0 Å². The summed E-state index contributed by atoms with van der Waals surface area (Å²) in [5.41, 5.74) is 5.25. The number of benzene rings is 2. The summed E-state index contributed by atoms with van der Waals surface area (Å²) in [6, 6.07) is 14.2. The lowest BCUT2D eigenvalue weighted by molar-refractivity contribution is -0.113. The molecule has 0 saturated carbocycles. The summed E-state index contributed by atoms with van der Waals surface area (Å²) in [7, 11) is 0. The van der Waals surface area contributed by atoms with E-state index < -0.39 is 0 Å². The lowest BCUT2D eigenvalue weighted by atomic mass is 10.1. The van der Waals surface area contributed by atoms with Gasteiger partial charge in [0.2, 0.25) is 5.91 Å². The van der Waals surface area contributed by atoms with Crippen LogP contribution in [0.5, 0.6) is 0 Å². The Morgan fingerprint density at radius 1 is 1.00 bits per heavy atom. The molecule has 0 aliphatic heterocycles. The van der Waals surface area contributed by atoms with E-state index in [0.29, 0.717) is 5.16 Å². The van der Waals surface area contributed by atoms with Gasteiger partial charge >= 0.3 is 0 Å². The minimum absolute atomic E-state index is 0.0588. The highest BCUT2D eigenvalue weighted by Gasteiger charge is 2.13. The number of amides is 1. The molecule has 0 saturated heterocycles. The van der Waals surface area contributed by atoms with E-state index in [0.717, 1.165) is 28.3 Å². The predicted molar refractivity (Wildman–Crippen MR) is 106 cm³/mol. The number of aromatic nitrogens is 3. The Bertz CT molecular complexity index is 928. The first-order valence-electron chi connectivity index (χ1n) is 8.42. The molecular formula is C20H22N4OS.